The Morgan fingerprint density at radius 1 is 1.39 bits per heavy atom. The lowest BCUT2D eigenvalue weighted by Crippen LogP contribution is -2.30. The number of hydrogen-bond donors (Lipinski definition) is 1. The van der Waals surface area contributed by atoms with Crippen molar-refractivity contribution in [2.45, 2.75) is 26.8 Å². The van der Waals surface area contributed by atoms with Crippen molar-refractivity contribution in [2.24, 2.45) is 0 Å². The van der Waals surface area contributed by atoms with E-state index in [1.807, 2.05) is 20.8 Å². The Morgan fingerprint density at radius 3 is 2.72 bits per heavy atom. The fourth-order valence-electron chi connectivity index (χ4n) is 2.01. The first kappa shape index (κ1) is 14.9. The maximum atomic E-state index is 13.2. The van der Waals surface area contributed by atoms with Crippen LogP contribution in [0.5, 0.6) is 5.75 Å². The van der Waals surface area contributed by atoms with Crippen LogP contribution in [0.3, 0.4) is 0 Å². The lowest BCUT2D eigenvalue weighted by Gasteiger charge is -2.28. The standard InChI is InChI=1S/C14H22FNO2/c1-4-16(8-9-18-5-2)11(3)13-10-12(15)6-7-14(13)17/h6-7,10-11,17H,4-5,8-9H2,1-3H3. The molecule has 1 aromatic carbocycles. The molecule has 0 radical (unpaired) electrons. The molecular weight excluding hydrogens is 233 g/mol. The number of rotatable bonds is 7. The van der Waals surface area contributed by atoms with Crippen molar-refractivity contribution in [2.75, 3.05) is 26.3 Å². The molecule has 0 amide bonds. The molecule has 3 nitrogen and oxygen atoms in total. The molecule has 0 saturated heterocycles. The van der Waals surface area contributed by atoms with Gasteiger partial charge in [-0.1, -0.05) is 6.92 Å². The van der Waals surface area contributed by atoms with Crippen molar-refractivity contribution in [3.63, 3.8) is 0 Å². The largest absolute Gasteiger partial charge is 0.508 e. The second-order valence-corrected chi connectivity index (χ2v) is 4.20. The zero-order valence-electron chi connectivity index (χ0n) is 11.3. The van der Waals surface area contributed by atoms with Gasteiger partial charge in [0.2, 0.25) is 0 Å². The van der Waals surface area contributed by atoms with Gasteiger partial charge < -0.3 is 9.84 Å². The van der Waals surface area contributed by atoms with E-state index in [2.05, 4.69) is 4.90 Å². The van der Waals surface area contributed by atoms with Crippen molar-refractivity contribution in [1.29, 1.82) is 0 Å². The molecule has 0 spiro atoms. The van der Waals surface area contributed by atoms with Crippen molar-refractivity contribution < 1.29 is 14.2 Å². The van der Waals surface area contributed by atoms with Crippen LogP contribution in [0.25, 0.3) is 0 Å². The SMILES string of the molecule is CCOCCN(CC)C(C)c1cc(F)ccc1O. The molecule has 0 heterocycles. The summed E-state index contributed by atoms with van der Waals surface area (Å²) in [6.45, 7) is 8.88. The summed E-state index contributed by atoms with van der Waals surface area (Å²) in [5.74, 6) is -0.186. The Kier molecular flexibility index (Phi) is 6.09. The van der Waals surface area contributed by atoms with Gasteiger partial charge in [0.1, 0.15) is 11.6 Å². The van der Waals surface area contributed by atoms with E-state index in [0.717, 1.165) is 13.1 Å². The Bertz CT molecular complexity index is 371. The van der Waals surface area contributed by atoms with E-state index in [4.69, 9.17) is 4.74 Å². The molecule has 0 saturated carbocycles. The molecule has 1 N–H and O–H groups in total. The fourth-order valence-corrected chi connectivity index (χ4v) is 2.01. The van der Waals surface area contributed by atoms with Crippen LogP contribution in [-0.4, -0.2) is 36.3 Å². The number of aromatic hydroxyl groups is 1. The number of benzene rings is 1. The Balaban J connectivity index is 2.75. The van der Waals surface area contributed by atoms with Gasteiger partial charge in [-0.25, -0.2) is 4.39 Å². The van der Waals surface area contributed by atoms with E-state index in [1.165, 1.54) is 18.2 Å². The Hall–Kier alpha value is -1.13. The van der Waals surface area contributed by atoms with E-state index in [0.29, 0.717) is 18.8 Å². The first-order valence-corrected chi connectivity index (χ1v) is 6.40. The quantitative estimate of drug-likeness (QED) is 0.760. The molecule has 4 heteroatoms. The van der Waals surface area contributed by atoms with Crippen LogP contribution in [0.1, 0.15) is 32.4 Å². The summed E-state index contributed by atoms with van der Waals surface area (Å²) >= 11 is 0. The summed E-state index contributed by atoms with van der Waals surface area (Å²) in [5.41, 5.74) is 0.619. The van der Waals surface area contributed by atoms with E-state index in [1.54, 1.807) is 0 Å². The highest BCUT2D eigenvalue weighted by molar-refractivity contribution is 5.34. The van der Waals surface area contributed by atoms with Gasteiger partial charge >= 0.3 is 0 Å². The molecule has 0 aliphatic rings. The summed E-state index contributed by atoms with van der Waals surface area (Å²) in [6, 6.07) is 4.02. The summed E-state index contributed by atoms with van der Waals surface area (Å²) < 4.78 is 18.6. The van der Waals surface area contributed by atoms with Crippen LogP contribution < -0.4 is 0 Å². The molecule has 0 fully saturated rings. The fraction of sp³-hybridized carbons (Fsp3) is 0.571. The Morgan fingerprint density at radius 2 is 2.11 bits per heavy atom. The summed E-state index contributed by atoms with van der Waals surface area (Å²) in [7, 11) is 0. The number of halogens is 1. The lowest BCUT2D eigenvalue weighted by atomic mass is 10.1. The van der Waals surface area contributed by atoms with Gasteiger partial charge in [0.05, 0.1) is 6.61 Å². The highest BCUT2D eigenvalue weighted by Crippen LogP contribution is 2.28. The topological polar surface area (TPSA) is 32.7 Å². The van der Waals surface area contributed by atoms with Crippen LogP contribution in [-0.2, 0) is 4.74 Å². The van der Waals surface area contributed by atoms with Gasteiger partial charge in [-0.2, -0.15) is 0 Å². The minimum atomic E-state index is -0.324. The van der Waals surface area contributed by atoms with Gasteiger partial charge in [0.15, 0.2) is 0 Å². The maximum absolute atomic E-state index is 13.2. The average Bonchev–Trinajstić information content (AvgIpc) is 2.37. The summed E-state index contributed by atoms with van der Waals surface area (Å²) in [6.07, 6.45) is 0. The van der Waals surface area contributed by atoms with Crippen molar-refractivity contribution in [1.82, 2.24) is 4.90 Å². The lowest BCUT2D eigenvalue weighted by molar-refractivity contribution is 0.0996. The molecule has 18 heavy (non-hydrogen) atoms. The second kappa shape index (κ2) is 7.34. The van der Waals surface area contributed by atoms with Crippen LogP contribution in [0.2, 0.25) is 0 Å². The van der Waals surface area contributed by atoms with E-state index in [-0.39, 0.29) is 17.6 Å². The smallest absolute Gasteiger partial charge is 0.123 e. The summed E-state index contributed by atoms with van der Waals surface area (Å²) in [4.78, 5) is 2.14. The second-order valence-electron chi connectivity index (χ2n) is 4.20. The van der Waals surface area contributed by atoms with Gasteiger partial charge in [0, 0.05) is 24.8 Å². The highest BCUT2D eigenvalue weighted by Gasteiger charge is 2.17. The molecule has 0 aliphatic heterocycles. The van der Waals surface area contributed by atoms with Gasteiger partial charge in [0.25, 0.3) is 0 Å². The van der Waals surface area contributed by atoms with E-state index < -0.39 is 0 Å². The number of likely N-dealkylation sites (N-methyl/N-ethyl adjacent to an activating group) is 1. The van der Waals surface area contributed by atoms with Crippen LogP contribution >= 0.6 is 0 Å². The molecule has 1 atom stereocenters. The first-order chi connectivity index (χ1) is 8.60. The third-order valence-corrected chi connectivity index (χ3v) is 3.12. The molecule has 1 unspecified atom stereocenters. The number of phenolic OH excluding ortho intramolecular Hbond substituents is 1. The zero-order valence-corrected chi connectivity index (χ0v) is 11.3. The minimum absolute atomic E-state index is 0.0360. The Labute approximate surface area is 108 Å². The molecule has 102 valence electrons. The van der Waals surface area contributed by atoms with Crippen LogP contribution in [0, 0.1) is 5.82 Å². The third-order valence-electron chi connectivity index (χ3n) is 3.12. The minimum Gasteiger partial charge on any atom is -0.508 e. The summed E-state index contributed by atoms with van der Waals surface area (Å²) in [5, 5.41) is 9.80. The predicted octanol–water partition coefficient (Wildman–Crippen LogP) is 2.95. The zero-order chi connectivity index (χ0) is 13.5. The number of hydrogen-bond acceptors (Lipinski definition) is 3. The number of ether oxygens (including phenoxy) is 1. The highest BCUT2D eigenvalue weighted by atomic mass is 19.1. The molecule has 1 aromatic rings. The third kappa shape index (κ3) is 3.96. The monoisotopic (exact) mass is 255 g/mol. The normalized spacial score (nSPS) is 12.9. The van der Waals surface area contributed by atoms with E-state index in [9.17, 15) is 9.50 Å². The van der Waals surface area contributed by atoms with Crippen LogP contribution in [0.4, 0.5) is 4.39 Å². The average molecular weight is 255 g/mol. The predicted molar refractivity (Wildman–Crippen MR) is 70.2 cm³/mol. The first-order valence-electron chi connectivity index (χ1n) is 6.40. The number of phenols is 1. The molecular formula is C14H22FNO2. The number of nitrogens with zero attached hydrogens (tertiary/aromatic N) is 1. The molecule has 1 rings (SSSR count). The van der Waals surface area contributed by atoms with E-state index >= 15 is 0 Å². The van der Waals surface area contributed by atoms with Gasteiger partial charge in [-0.15, -0.1) is 0 Å². The van der Waals surface area contributed by atoms with Crippen molar-refractivity contribution >= 4 is 0 Å². The molecule has 0 aromatic heterocycles. The van der Waals surface area contributed by atoms with Gasteiger partial charge in [-0.05, 0) is 38.6 Å². The molecule has 0 bridgehead atoms. The molecule has 0 aliphatic carbocycles. The van der Waals surface area contributed by atoms with Crippen LogP contribution in [0.15, 0.2) is 18.2 Å². The van der Waals surface area contributed by atoms with Crippen molar-refractivity contribution in [3.8, 4) is 5.75 Å². The van der Waals surface area contributed by atoms with Crippen molar-refractivity contribution in [3.05, 3.63) is 29.6 Å². The van der Waals surface area contributed by atoms with Gasteiger partial charge in [-0.3, -0.25) is 4.90 Å². The maximum Gasteiger partial charge on any atom is 0.123 e.